The maximum atomic E-state index is 12.9. The highest BCUT2D eigenvalue weighted by Gasteiger charge is 2.32. The van der Waals surface area contributed by atoms with Crippen LogP contribution in [0.2, 0.25) is 5.02 Å². The second kappa shape index (κ2) is 8.30. The normalized spacial score (nSPS) is 14.0. The first-order valence-corrected chi connectivity index (χ1v) is 11.0. The standard InChI is InChI=1S/C19H20ClN3O5S/c1-28-17-9-6-14(20)12-16(17)21-19(25)23-11-3-10-22(23)18(24)13-4-7-15(8-5-13)29(2,26)27/h4-9,12H,3,10-11H2,1-2H3,(H,21,25). The molecule has 0 aliphatic carbocycles. The SMILES string of the molecule is COc1ccc(Cl)cc1NC(=O)N1CCCN1C(=O)c1ccc(S(C)(=O)=O)cc1. The van der Waals surface area contributed by atoms with Gasteiger partial charge < -0.3 is 10.1 Å². The number of sulfone groups is 1. The molecule has 1 aliphatic heterocycles. The molecule has 1 heterocycles. The summed E-state index contributed by atoms with van der Waals surface area (Å²) in [4.78, 5) is 25.8. The van der Waals surface area contributed by atoms with Gasteiger partial charge in [-0.25, -0.2) is 23.2 Å². The van der Waals surface area contributed by atoms with Crippen LogP contribution in [0.15, 0.2) is 47.4 Å². The Hall–Kier alpha value is -2.78. The summed E-state index contributed by atoms with van der Waals surface area (Å²) in [6.45, 7) is 0.731. The predicted molar refractivity (Wildman–Crippen MR) is 109 cm³/mol. The van der Waals surface area contributed by atoms with Gasteiger partial charge in [-0.1, -0.05) is 11.6 Å². The Morgan fingerprint density at radius 2 is 1.72 bits per heavy atom. The van der Waals surface area contributed by atoms with Gasteiger partial charge in [-0.05, 0) is 48.9 Å². The predicted octanol–water partition coefficient (Wildman–Crippen LogP) is 3.05. The van der Waals surface area contributed by atoms with Crippen molar-refractivity contribution in [1.29, 1.82) is 0 Å². The molecule has 1 aliphatic rings. The van der Waals surface area contributed by atoms with Crippen molar-refractivity contribution in [1.82, 2.24) is 10.0 Å². The number of nitrogens with one attached hydrogen (secondary N) is 1. The molecule has 3 amide bonds. The van der Waals surface area contributed by atoms with E-state index in [1.807, 2.05) is 0 Å². The van der Waals surface area contributed by atoms with Gasteiger partial charge in [-0.3, -0.25) is 4.79 Å². The number of ether oxygens (including phenoxy) is 1. The quantitative estimate of drug-likeness (QED) is 0.793. The first kappa shape index (κ1) is 20.9. The van der Waals surface area contributed by atoms with E-state index in [9.17, 15) is 18.0 Å². The van der Waals surface area contributed by atoms with Crippen LogP contribution in [0, 0.1) is 0 Å². The van der Waals surface area contributed by atoms with Crippen LogP contribution in [0.4, 0.5) is 10.5 Å². The van der Waals surface area contributed by atoms with Crippen LogP contribution in [0.1, 0.15) is 16.8 Å². The number of methoxy groups -OCH3 is 1. The molecule has 10 heteroatoms. The fourth-order valence-corrected chi connectivity index (χ4v) is 3.79. The number of halogens is 1. The molecule has 0 aromatic heterocycles. The molecular formula is C19H20ClN3O5S. The van der Waals surface area contributed by atoms with Crippen molar-refractivity contribution in [2.24, 2.45) is 0 Å². The molecule has 2 aromatic carbocycles. The van der Waals surface area contributed by atoms with E-state index in [1.165, 1.54) is 41.4 Å². The molecule has 154 valence electrons. The number of urea groups is 1. The van der Waals surface area contributed by atoms with Gasteiger partial charge >= 0.3 is 6.03 Å². The lowest BCUT2D eigenvalue weighted by Gasteiger charge is -2.28. The van der Waals surface area contributed by atoms with E-state index < -0.39 is 21.8 Å². The van der Waals surface area contributed by atoms with Crippen molar-refractivity contribution in [3.63, 3.8) is 0 Å². The van der Waals surface area contributed by atoms with Crippen LogP contribution in [0.3, 0.4) is 0 Å². The molecule has 1 N–H and O–H groups in total. The molecule has 0 saturated carbocycles. The number of hydrogen-bond acceptors (Lipinski definition) is 5. The van der Waals surface area contributed by atoms with Gasteiger partial charge in [-0.2, -0.15) is 0 Å². The van der Waals surface area contributed by atoms with E-state index in [0.29, 0.717) is 36.0 Å². The maximum Gasteiger partial charge on any atom is 0.340 e. The Morgan fingerprint density at radius 3 is 2.34 bits per heavy atom. The summed E-state index contributed by atoms with van der Waals surface area (Å²) in [7, 11) is -1.88. The van der Waals surface area contributed by atoms with Crippen LogP contribution in [-0.4, -0.2) is 56.8 Å². The number of carbonyl (C=O) groups is 2. The second-order valence-corrected chi connectivity index (χ2v) is 8.93. The Morgan fingerprint density at radius 1 is 1.07 bits per heavy atom. The number of amides is 3. The van der Waals surface area contributed by atoms with Gasteiger partial charge in [0.1, 0.15) is 5.75 Å². The monoisotopic (exact) mass is 437 g/mol. The third-order valence-corrected chi connectivity index (χ3v) is 5.80. The number of nitrogens with zero attached hydrogens (tertiary/aromatic N) is 2. The molecule has 0 bridgehead atoms. The van der Waals surface area contributed by atoms with Crippen molar-refractivity contribution >= 4 is 39.1 Å². The lowest BCUT2D eigenvalue weighted by Crippen LogP contribution is -2.46. The fraction of sp³-hybridized carbons (Fsp3) is 0.263. The van der Waals surface area contributed by atoms with E-state index in [-0.39, 0.29) is 10.5 Å². The molecule has 8 nitrogen and oxygen atoms in total. The van der Waals surface area contributed by atoms with Crippen molar-refractivity contribution in [2.75, 3.05) is 31.8 Å². The molecule has 29 heavy (non-hydrogen) atoms. The zero-order valence-corrected chi connectivity index (χ0v) is 17.5. The van der Waals surface area contributed by atoms with E-state index in [0.717, 1.165) is 6.26 Å². The summed E-state index contributed by atoms with van der Waals surface area (Å²) >= 11 is 5.99. The molecule has 0 unspecified atom stereocenters. The topological polar surface area (TPSA) is 96.0 Å². The van der Waals surface area contributed by atoms with Crippen molar-refractivity contribution in [2.45, 2.75) is 11.3 Å². The van der Waals surface area contributed by atoms with Gasteiger partial charge in [0.05, 0.1) is 17.7 Å². The molecule has 2 aromatic rings. The first-order valence-electron chi connectivity index (χ1n) is 8.74. The van der Waals surface area contributed by atoms with Gasteiger partial charge in [-0.15, -0.1) is 0 Å². The van der Waals surface area contributed by atoms with E-state index in [2.05, 4.69) is 5.32 Å². The summed E-state index contributed by atoms with van der Waals surface area (Å²) in [5.41, 5.74) is 0.680. The van der Waals surface area contributed by atoms with E-state index in [4.69, 9.17) is 16.3 Å². The van der Waals surface area contributed by atoms with Crippen molar-refractivity contribution in [3.8, 4) is 5.75 Å². The lowest BCUT2D eigenvalue weighted by atomic mass is 10.2. The minimum absolute atomic E-state index is 0.123. The van der Waals surface area contributed by atoms with Crippen molar-refractivity contribution < 1.29 is 22.7 Å². The van der Waals surface area contributed by atoms with E-state index in [1.54, 1.807) is 18.2 Å². The molecular weight excluding hydrogens is 418 g/mol. The van der Waals surface area contributed by atoms with Crippen molar-refractivity contribution in [3.05, 3.63) is 53.1 Å². The average Bonchev–Trinajstić information content (AvgIpc) is 3.17. The molecule has 0 radical (unpaired) electrons. The Kier molecular flexibility index (Phi) is 5.99. The summed E-state index contributed by atoms with van der Waals surface area (Å²) in [6.07, 6.45) is 1.72. The molecule has 1 saturated heterocycles. The van der Waals surface area contributed by atoms with Gasteiger partial charge in [0.15, 0.2) is 9.84 Å². The average molecular weight is 438 g/mol. The first-order chi connectivity index (χ1) is 13.7. The Balaban J connectivity index is 1.78. The highest BCUT2D eigenvalue weighted by molar-refractivity contribution is 7.90. The smallest absolute Gasteiger partial charge is 0.340 e. The number of hydrazine groups is 1. The lowest BCUT2D eigenvalue weighted by molar-refractivity contribution is 0.0404. The second-order valence-electron chi connectivity index (χ2n) is 6.48. The summed E-state index contributed by atoms with van der Waals surface area (Å²) in [5, 5.41) is 5.79. The van der Waals surface area contributed by atoms with Crippen LogP contribution in [-0.2, 0) is 9.84 Å². The summed E-state index contributed by atoms with van der Waals surface area (Å²) in [6, 6.07) is 9.96. The maximum absolute atomic E-state index is 12.9. The number of carbonyl (C=O) groups excluding carboxylic acids is 2. The Bertz CT molecular complexity index is 1040. The van der Waals surface area contributed by atoms with Crippen LogP contribution in [0.25, 0.3) is 0 Å². The third kappa shape index (κ3) is 4.63. The summed E-state index contributed by atoms with van der Waals surface area (Å²) in [5.74, 6) is 0.0481. The molecule has 1 fully saturated rings. The number of benzene rings is 2. The Labute approximate surface area is 173 Å². The fourth-order valence-electron chi connectivity index (χ4n) is 2.99. The van der Waals surface area contributed by atoms with E-state index >= 15 is 0 Å². The van der Waals surface area contributed by atoms with Gasteiger partial charge in [0.2, 0.25) is 0 Å². The van der Waals surface area contributed by atoms with Gasteiger partial charge in [0.25, 0.3) is 5.91 Å². The summed E-state index contributed by atoms with van der Waals surface area (Å²) < 4.78 is 28.4. The number of rotatable bonds is 4. The highest BCUT2D eigenvalue weighted by atomic mass is 35.5. The molecule has 3 rings (SSSR count). The number of anilines is 1. The minimum atomic E-state index is -3.36. The van der Waals surface area contributed by atoms with Crippen LogP contribution < -0.4 is 10.1 Å². The minimum Gasteiger partial charge on any atom is -0.495 e. The largest absolute Gasteiger partial charge is 0.495 e. The molecule has 0 spiro atoms. The highest BCUT2D eigenvalue weighted by Crippen LogP contribution is 2.28. The van der Waals surface area contributed by atoms with Gasteiger partial charge in [0, 0.05) is 29.9 Å². The van der Waals surface area contributed by atoms with Crippen LogP contribution >= 0.6 is 11.6 Å². The zero-order chi connectivity index (χ0) is 21.2. The van der Waals surface area contributed by atoms with Crippen LogP contribution in [0.5, 0.6) is 5.75 Å². The zero-order valence-electron chi connectivity index (χ0n) is 15.9. The number of hydrogen-bond donors (Lipinski definition) is 1. The molecule has 0 atom stereocenters. The third-order valence-electron chi connectivity index (χ3n) is 4.43.